The zero-order valence-electron chi connectivity index (χ0n) is 18.1. The first-order valence-electron chi connectivity index (χ1n) is 10.7. The quantitative estimate of drug-likeness (QED) is 0.600. The van der Waals surface area contributed by atoms with E-state index >= 15 is 0 Å². The number of aromatic nitrogens is 4. The van der Waals surface area contributed by atoms with Gasteiger partial charge in [0.15, 0.2) is 5.78 Å². The third-order valence-electron chi connectivity index (χ3n) is 5.54. The first kappa shape index (κ1) is 20.6. The van der Waals surface area contributed by atoms with Gasteiger partial charge in [0.25, 0.3) is 0 Å². The summed E-state index contributed by atoms with van der Waals surface area (Å²) in [5, 5.41) is 13.8. The molecule has 1 aromatic carbocycles. The number of Topliss-reactive ketones (excluding diaryl/α,β-unsaturated/α-hetero) is 1. The van der Waals surface area contributed by atoms with Gasteiger partial charge in [0, 0.05) is 56.9 Å². The highest BCUT2D eigenvalue weighted by atomic mass is 16.1. The molecule has 7 nitrogen and oxygen atoms in total. The van der Waals surface area contributed by atoms with E-state index in [9.17, 15) is 4.79 Å². The van der Waals surface area contributed by atoms with Gasteiger partial charge in [-0.25, -0.2) is 0 Å². The molecule has 0 atom stereocenters. The van der Waals surface area contributed by atoms with Crippen LogP contribution < -0.4 is 0 Å². The summed E-state index contributed by atoms with van der Waals surface area (Å²) in [7, 11) is 1.91. The summed E-state index contributed by atoms with van der Waals surface area (Å²) in [4.78, 5) is 17.4. The highest BCUT2D eigenvalue weighted by molar-refractivity contribution is 5.86. The molecule has 1 aliphatic heterocycles. The van der Waals surface area contributed by atoms with Crippen molar-refractivity contribution in [2.75, 3.05) is 39.3 Å². The van der Waals surface area contributed by atoms with Crippen molar-refractivity contribution in [3.63, 3.8) is 0 Å². The lowest BCUT2D eigenvalue weighted by Gasteiger charge is -2.35. The van der Waals surface area contributed by atoms with Crippen molar-refractivity contribution in [2.45, 2.75) is 20.3 Å². The number of piperazine rings is 1. The second-order valence-electron chi connectivity index (χ2n) is 8.70. The van der Waals surface area contributed by atoms with Crippen molar-refractivity contribution in [1.29, 1.82) is 0 Å². The second-order valence-corrected chi connectivity index (χ2v) is 8.70. The van der Waals surface area contributed by atoms with Crippen LogP contribution in [0.3, 0.4) is 0 Å². The molecule has 0 radical (unpaired) electrons. The molecule has 1 saturated heterocycles. The zero-order valence-corrected chi connectivity index (χ0v) is 18.1. The highest BCUT2D eigenvalue weighted by Crippen LogP contribution is 2.23. The van der Waals surface area contributed by atoms with Crippen LogP contribution in [0.25, 0.3) is 22.0 Å². The van der Waals surface area contributed by atoms with Gasteiger partial charge in [-0.05, 0) is 29.7 Å². The topological polar surface area (TPSA) is 67.2 Å². The summed E-state index contributed by atoms with van der Waals surface area (Å²) in [5.74, 6) is 0.882. The number of carbonyl (C=O) groups excluding carboxylic acids is 1. The molecule has 2 aromatic heterocycles. The molecule has 0 bridgehead atoms. The zero-order chi connectivity index (χ0) is 21.1. The maximum Gasteiger partial charge on any atom is 0.152 e. The average Bonchev–Trinajstić information content (AvgIpc) is 3.15. The predicted octanol–water partition coefficient (Wildman–Crippen LogP) is 2.42. The summed E-state index contributed by atoms with van der Waals surface area (Å²) in [5.41, 5.74) is 3.71. The minimum absolute atomic E-state index is 0.198. The van der Waals surface area contributed by atoms with Crippen molar-refractivity contribution in [2.24, 2.45) is 13.0 Å². The van der Waals surface area contributed by atoms with E-state index in [0.717, 1.165) is 60.4 Å². The maximum atomic E-state index is 12.6. The number of ketones is 1. The number of carbonyl (C=O) groups is 1. The monoisotopic (exact) mass is 406 g/mol. The molecule has 0 N–H and O–H groups in total. The van der Waals surface area contributed by atoms with Crippen LogP contribution in [-0.4, -0.2) is 74.8 Å². The minimum Gasteiger partial charge on any atom is -0.301 e. The summed E-state index contributed by atoms with van der Waals surface area (Å²) in [6, 6.07) is 8.06. The van der Waals surface area contributed by atoms with Crippen LogP contribution in [0.15, 0.2) is 36.7 Å². The SMILES string of the molecule is CC(C)CN1CCN(CC(=O)Cc2cc3cc(-c4cnn(C)c4)ccc3nn2)CC1. The van der Waals surface area contributed by atoms with E-state index in [2.05, 4.69) is 45.0 Å². The van der Waals surface area contributed by atoms with Gasteiger partial charge in [-0.15, -0.1) is 0 Å². The Labute approximate surface area is 177 Å². The van der Waals surface area contributed by atoms with E-state index in [1.54, 1.807) is 4.68 Å². The number of rotatable bonds is 7. The second kappa shape index (κ2) is 9.02. The molecule has 0 aliphatic carbocycles. The minimum atomic E-state index is 0.198. The fraction of sp³-hybridized carbons (Fsp3) is 0.478. The van der Waals surface area contributed by atoms with Crippen molar-refractivity contribution in [3.8, 4) is 11.1 Å². The lowest BCUT2D eigenvalue weighted by molar-refractivity contribution is -0.120. The molecule has 4 rings (SSSR count). The van der Waals surface area contributed by atoms with Crippen molar-refractivity contribution in [3.05, 3.63) is 42.4 Å². The predicted molar refractivity (Wildman–Crippen MR) is 118 cm³/mol. The smallest absolute Gasteiger partial charge is 0.152 e. The van der Waals surface area contributed by atoms with Gasteiger partial charge in [-0.3, -0.25) is 14.4 Å². The van der Waals surface area contributed by atoms with E-state index in [4.69, 9.17) is 0 Å². The van der Waals surface area contributed by atoms with Crippen molar-refractivity contribution < 1.29 is 4.79 Å². The molecule has 0 spiro atoms. The Kier molecular flexibility index (Phi) is 6.20. The molecule has 7 heteroatoms. The standard InChI is InChI=1S/C23H30N6O/c1-17(2)14-28-6-8-29(9-7-28)16-22(30)12-21-11-19-10-18(4-5-23(19)26-25-21)20-13-24-27(3)15-20/h4-5,10-11,13,15,17H,6-9,12,14,16H2,1-3H3. The third kappa shape index (κ3) is 5.09. The first-order chi connectivity index (χ1) is 14.5. The number of hydrogen-bond acceptors (Lipinski definition) is 6. The van der Waals surface area contributed by atoms with Gasteiger partial charge in [0.05, 0.1) is 30.4 Å². The molecule has 0 amide bonds. The molecule has 30 heavy (non-hydrogen) atoms. The molecule has 3 aromatic rings. The van der Waals surface area contributed by atoms with Crippen LogP contribution in [0, 0.1) is 5.92 Å². The van der Waals surface area contributed by atoms with Crippen molar-refractivity contribution in [1.82, 2.24) is 29.8 Å². The Morgan fingerprint density at radius 2 is 1.80 bits per heavy atom. The van der Waals surface area contributed by atoms with Crippen LogP contribution in [0.2, 0.25) is 0 Å². The van der Waals surface area contributed by atoms with Gasteiger partial charge in [-0.1, -0.05) is 19.9 Å². The molecule has 158 valence electrons. The molecule has 1 fully saturated rings. The van der Waals surface area contributed by atoms with E-state index < -0.39 is 0 Å². The fourth-order valence-corrected chi connectivity index (χ4v) is 4.08. The normalized spacial score (nSPS) is 15.9. The van der Waals surface area contributed by atoms with E-state index in [1.165, 1.54) is 0 Å². The number of benzene rings is 1. The van der Waals surface area contributed by atoms with Gasteiger partial charge in [0.1, 0.15) is 0 Å². The number of hydrogen-bond donors (Lipinski definition) is 0. The molecular weight excluding hydrogens is 376 g/mol. The number of aryl methyl sites for hydroxylation is 1. The Hall–Kier alpha value is -2.64. The summed E-state index contributed by atoms with van der Waals surface area (Å²) >= 11 is 0. The fourth-order valence-electron chi connectivity index (χ4n) is 4.08. The Morgan fingerprint density at radius 1 is 1.03 bits per heavy atom. The Bertz CT molecular complexity index is 1020. The number of fused-ring (bicyclic) bond motifs is 1. The lowest BCUT2D eigenvalue weighted by atomic mass is 10.1. The Balaban J connectivity index is 1.38. The molecule has 3 heterocycles. The van der Waals surface area contributed by atoms with Gasteiger partial charge >= 0.3 is 0 Å². The van der Waals surface area contributed by atoms with Crippen LogP contribution >= 0.6 is 0 Å². The van der Waals surface area contributed by atoms with Crippen molar-refractivity contribution >= 4 is 16.7 Å². The molecule has 0 unspecified atom stereocenters. The summed E-state index contributed by atoms with van der Waals surface area (Å²) in [6.07, 6.45) is 4.16. The lowest BCUT2D eigenvalue weighted by Crippen LogP contribution is -2.48. The van der Waals surface area contributed by atoms with Crippen LogP contribution in [-0.2, 0) is 18.3 Å². The summed E-state index contributed by atoms with van der Waals surface area (Å²) in [6.45, 7) is 10.1. The number of nitrogens with zero attached hydrogens (tertiary/aromatic N) is 6. The van der Waals surface area contributed by atoms with Gasteiger partial charge < -0.3 is 4.90 Å². The van der Waals surface area contributed by atoms with Crippen LogP contribution in [0.1, 0.15) is 19.5 Å². The van der Waals surface area contributed by atoms with E-state index in [0.29, 0.717) is 18.9 Å². The first-order valence-corrected chi connectivity index (χ1v) is 10.7. The molecule has 1 aliphatic rings. The average molecular weight is 407 g/mol. The molecule has 0 saturated carbocycles. The summed E-state index contributed by atoms with van der Waals surface area (Å²) < 4.78 is 1.79. The third-order valence-corrected chi connectivity index (χ3v) is 5.54. The van der Waals surface area contributed by atoms with E-state index in [1.807, 2.05) is 37.6 Å². The highest BCUT2D eigenvalue weighted by Gasteiger charge is 2.19. The van der Waals surface area contributed by atoms with Crippen LogP contribution in [0.5, 0.6) is 0 Å². The molecular formula is C23H30N6O. The van der Waals surface area contributed by atoms with E-state index in [-0.39, 0.29) is 5.78 Å². The largest absolute Gasteiger partial charge is 0.301 e. The Morgan fingerprint density at radius 3 is 2.50 bits per heavy atom. The van der Waals surface area contributed by atoms with Gasteiger partial charge in [-0.2, -0.15) is 15.3 Å². The maximum absolute atomic E-state index is 12.6. The van der Waals surface area contributed by atoms with Crippen LogP contribution in [0.4, 0.5) is 0 Å². The van der Waals surface area contributed by atoms with Gasteiger partial charge in [0.2, 0.25) is 0 Å².